The van der Waals surface area contributed by atoms with E-state index in [0.717, 1.165) is 39.8 Å². The van der Waals surface area contributed by atoms with Gasteiger partial charge in [0.1, 0.15) is 30.2 Å². The summed E-state index contributed by atoms with van der Waals surface area (Å²) in [5, 5.41) is 8.77. The Hall–Kier alpha value is -3.95. The third kappa shape index (κ3) is 3.98. The van der Waals surface area contributed by atoms with Gasteiger partial charge in [0.2, 0.25) is 0 Å². The van der Waals surface area contributed by atoms with Crippen LogP contribution in [0.3, 0.4) is 0 Å². The van der Waals surface area contributed by atoms with Crippen LogP contribution >= 0.6 is 0 Å². The van der Waals surface area contributed by atoms with Gasteiger partial charge in [-0.25, -0.2) is 19.4 Å². The van der Waals surface area contributed by atoms with Crippen molar-refractivity contribution in [2.75, 3.05) is 13.2 Å². The molecule has 0 saturated carbocycles. The molecule has 4 aromatic rings. The molecular formula is C25H29N7O3. The molecule has 1 aliphatic rings. The lowest BCUT2D eigenvalue weighted by molar-refractivity contribution is -0.152. The number of hydrogen-bond donors (Lipinski definition) is 0. The second-order valence-corrected chi connectivity index (χ2v) is 9.28. The standard InChI is InChI=1S/C25H29N7O3/c1-6-34-24(33)25(4,5)31-13-18(12-27-31)17-7-8-19-21(11-17)35-10-9-30-14-20(29-22(19)30)23-26-15-28-32(23)16(2)3/h7-8,11-16H,6,9-10H2,1-5H3. The van der Waals surface area contributed by atoms with Gasteiger partial charge in [-0.3, -0.25) is 4.68 Å². The first-order valence-corrected chi connectivity index (χ1v) is 11.8. The lowest BCUT2D eigenvalue weighted by Crippen LogP contribution is -2.37. The SMILES string of the molecule is CCOC(=O)C(C)(C)n1cc(-c2ccc3c(c2)OCCn2cc(-c4ncnn4C(C)C)nc2-3)cn1. The second-order valence-electron chi connectivity index (χ2n) is 9.28. The molecule has 0 radical (unpaired) electrons. The average molecular weight is 476 g/mol. The Morgan fingerprint density at radius 2 is 2.00 bits per heavy atom. The molecule has 0 N–H and O–H groups in total. The van der Waals surface area contributed by atoms with E-state index in [1.807, 2.05) is 35.3 Å². The molecule has 0 bridgehead atoms. The van der Waals surface area contributed by atoms with Crippen LogP contribution in [0, 0.1) is 0 Å². The van der Waals surface area contributed by atoms with Crippen LogP contribution in [-0.2, 0) is 21.6 Å². The van der Waals surface area contributed by atoms with Crippen LogP contribution in [0.25, 0.3) is 34.0 Å². The van der Waals surface area contributed by atoms with Crippen molar-refractivity contribution in [1.82, 2.24) is 34.1 Å². The van der Waals surface area contributed by atoms with Gasteiger partial charge < -0.3 is 14.0 Å². The topological polar surface area (TPSA) is 102 Å². The minimum atomic E-state index is -0.909. The Balaban J connectivity index is 1.49. The lowest BCUT2D eigenvalue weighted by Gasteiger charge is -2.22. The first-order valence-electron chi connectivity index (χ1n) is 11.8. The van der Waals surface area contributed by atoms with Crippen LogP contribution in [-0.4, -0.2) is 53.3 Å². The number of esters is 1. The Morgan fingerprint density at radius 3 is 2.77 bits per heavy atom. The zero-order valence-corrected chi connectivity index (χ0v) is 20.6. The molecule has 0 atom stereocenters. The highest BCUT2D eigenvalue weighted by Crippen LogP contribution is 2.37. The van der Waals surface area contributed by atoms with Crippen molar-refractivity contribution in [2.24, 2.45) is 0 Å². The monoisotopic (exact) mass is 475 g/mol. The van der Waals surface area contributed by atoms with Crippen molar-refractivity contribution in [3.05, 3.63) is 43.1 Å². The fourth-order valence-corrected chi connectivity index (χ4v) is 4.16. The van der Waals surface area contributed by atoms with E-state index in [4.69, 9.17) is 14.5 Å². The number of fused-ring (bicyclic) bond motifs is 3. The van der Waals surface area contributed by atoms with Crippen molar-refractivity contribution < 1.29 is 14.3 Å². The molecule has 35 heavy (non-hydrogen) atoms. The zero-order valence-electron chi connectivity index (χ0n) is 20.6. The molecule has 5 rings (SSSR count). The second kappa shape index (κ2) is 8.68. The Morgan fingerprint density at radius 1 is 1.17 bits per heavy atom. The maximum Gasteiger partial charge on any atom is 0.333 e. The lowest BCUT2D eigenvalue weighted by atomic mass is 10.0. The molecule has 0 amide bonds. The van der Waals surface area contributed by atoms with Gasteiger partial charge in [-0.1, -0.05) is 6.07 Å². The van der Waals surface area contributed by atoms with E-state index in [9.17, 15) is 4.79 Å². The molecule has 10 nitrogen and oxygen atoms in total. The number of rotatable bonds is 6. The number of benzene rings is 1. The van der Waals surface area contributed by atoms with Crippen LogP contribution in [0.15, 0.2) is 43.1 Å². The first-order chi connectivity index (χ1) is 16.8. The average Bonchev–Trinajstić information content (AvgIpc) is 3.57. The quantitative estimate of drug-likeness (QED) is 0.389. The van der Waals surface area contributed by atoms with Crippen LogP contribution in [0.1, 0.15) is 40.7 Å². The third-order valence-electron chi connectivity index (χ3n) is 6.14. The molecular weight excluding hydrogens is 446 g/mol. The fourth-order valence-electron chi connectivity index (χ4n) is 4.16. The summed E-state index contributed by atoms with van der Waals surface area (Å²) in [5.41, 5.74) is 2.60. The van der Waals surface area contributed by atoms with E-state index in [-0.39, 0.29) is 12.0 Å². The highest BCUT2D eigenvalue weighted by atomic mass is 16.5. The molecule has 0 saturated heterocycles. The van der Waals surface area contributed by atoms with Crippen LogP contribution < -0.4 is 4.74 Å². The van der Waals surface area contributed by atoms with Gasteiger partial charge in [-0.15, -0.1) is 0 Å². The zero-order chi connectivity index (χ0) is 24.7. The number of nitrogens with zero attached hydrogens (tertiary/aromatic N) is 7. The molecule has 4 heterocycles. The number of aromatic nitrogens is 7. The minimum absolute atomic E-state index is 0.182. The highest BCUT2D eigenvalue weighted by molar-refractivity contribution is 5.78. The van der Waals surface area contributed by atoms with Crippen molar-refractivity contribution in [1.29, 1.82) is 0 Å². The predicted molar refractivity (Wildman–Crippen MR) is 130 cm³/mol. The molecule has 1 aromatic carbocycles. The third-order valence-corrected chi connectivity index (χ3v) is 6.14. The van der Waals surface area contributed by atoms with Crippen molar-refractivity contribution in [2.45, 2.75) is 52.7 Å². The van der Waals surface area contributed by atoms with E-state index in [2.05, 4.69) is 33.6 Å². The van der Waals surface area contributed by atoms with Crippen LogP contribution in [0.5, 0.6) is 5.75 Å². The van der Waals surface area contributed by atoms with E-state index in [0.29, 0.717) is 19.8 Å². The molecule has 0 fully saturated rings. The van der Waals surface area contributed by atoms with E-state index in [1.165, 1.54) is 0 Å². The summed E-state index contributed by atoms with van der Waals surface area (Å²) in [7, 11) is 0. The number of imidazole rings is 1. The maximum absolute atomic E-state index is 12.4. The first kappa shape index (κ1) is 22.8. The number of ether oxygens (including phenoxy) is 2. The minimum Gasteiger partial charge on any atom is -0.491 e. The van der Waals surface area contributed by atoms with Gasteiger partial charge in [0.25, 0.3) is 0 Å². The van der Waals surface area contributed by atoms with Crippen molar-refractivity contribution >= 4 is 5.97 Å². The predicted octanol–water partition coefficient (Wildman–Crippen LogP) is 3.94. The Bertz CT molecular complexity index is 1380. The molecule has 0 aliphatic carbocycles. The van der Waals surface area contributed by atoms with Crippen molar-refractivity contribution in [3.63, 3.8) is 0 Å². The van der Waals surface area contributed by atoms with Gasteiger partial charge in [0.05, 0.1) is 24.9 Å². The largest absolute Gasteiger partial charge is 0.491 e. The van der Waals surface area contributed by atoms with Crippen LogP contribution in [0.2, 0.25) is 0 Å². The summed E-state index contributed by atoms with van der Waals surface area (Å²) in [6.45, 7) is 11.0. The Labute approximate surface area is 203 Å². The van der Waals surface area contributed by atoms with Crippen molar-refractivity contribution in [3.8, 4) is 39.8 Å². The van der Waals surface area contributed by atoms with Gasteiger partial charge in [0.15, 0.2) is 11.4 Å². The highest BCUT2D eigenvalue weighted by Gasteiger charge is 2.32. The van der Waals surface area contributed by atoms with Gasteiger partial charge >= 0.3 is 5.97 Å². The molecule has 0 spiro atoms. The summed E-state index contributed by atoms with van der Waals surface area (Å²) in [5.74, 6) is 2.00. The Kier molecular flexibility index (Phi) is 5.66. The van der Waals surface area contributed by atoms with E-state index in [1.54, 1.807) is 38.0 Å². The number of carbonyl (C=O) groups excluding carboxylic acids is 1. The molecule has 3 aromatic heterocycles. The summed E-state index contributed by atoms with van der Waals surface area (Å²) < 4.78 is 16.9. The molecule has 1 aliphatic heterocycles. The summed E-state index contributed by atoms with van der Waals surface area (Å²) in [6.07, 6.45) is 7.17. The van der Waals surface area contributed by atoms with Gasteiger partial charge in [0, 0.05) is 24.0 Å². The van der Waals surface area contributed by atoms with E-state index < -0.39 is 5.54 Å². The summed E-state index contributed by atoms with van der Waals surface area (Å²) in [6, 6.07) is 6.21. The molecule has 182 valence electrons. The van der Waals surface area contributed by atoms with Crippen LogP contribution in [0.4, 0.5) is 0 Å². The normalized spacial score (nSPS) is 13.2. The molecule has 10 heteroatoms. The number of hydrogen-bond acceptors (Lipinski definition) is 7. The molecule has 0 unspecified atom stereocenters. The summed E-state index contributed by atoms with van der Waals surface area (Å²) in [4.78, 5) is 21.7. The van der Waals surface area contributed by atoms with Gasteiger partial charge in [-0.05, 0) is 52.3 Å². The number of carbonyl (C=O) groups is 1. The van der Waals surface area contributed by atoms with Gasteiger partial charge in [-0.2, -0.15) is 10.2 Å². The summed E-state index contributed by atoms with van der Waals surface area (Å²) >= 11 is 0. The maximum atomic E-state index is 12.4. The smallest absolute Gasteiger partial charge is 0.333 e. The fraction of sp³-hybridized carbons (Fsp3) is 0.400. The van der Waals surface area contributed by atoms with E-state index >= 15 is 0 Å².